The zero-order valence-corrected chi connectivity index (χ0v) is 9.51. The first kappa shape index (κ1) is 10.9. The van der Waals surface area contributed by atoms with E-state index in [9.17, 15) is 4.79 Å². The maximum absolute atomic E-state index is 12.2. The van der Waals surface area contributed by atoms with Crippen LogP contribution in [0.4, 0.5) is 5.69 Å². The van der Waals surface area contributed by atoms with Gasteiger partial charge in [0.05, 0.1) is 31.1 Å². The fourth-order valence-electron chi connectivity index (χ4n) is 1.88. The van der Waals surface area contributed by atoms with Gasteiger partial charge < -0.3 is 15.4 Å². The number of aryl methyl sites for hydroxylation is 1. The number of aromatic nitrogens is 2. The highest BCUT2D eigenvalue weighted by atomic mass is 16.5. The average molecular weight is 224 g/mol. The largest absolute Gasteiger partial charge is 0.396 e. The second-order valence-corrected chi connectivity index (χ2v) is 3.99. The normalized spacial score (nSPS) is 21.1. The van der Waals surface area contributed by atoms with E-state index in [1.165, 1.54) is 10.9 Å². The number of ether oxygens (including phenoxy) is 1. The molecule has 0 aliphatic carbocycles. The SMILES string of the molecule is CC1COCCN1C(=O)c1c(N)cnn1C. The summed E-state index contributed by atoms with van der Waals surface area (Å²) in [5.41, 5.74) is 6.61. The van der Waals surface area contributed by atoms with Crippen molar-refractivity contribution >= 4 is 11.6 Å². The molecule has 1 aromatic heterocycles. The molecule has 6 heteroatoms. The Morgan fingerprint density at radius 3 is 3.00 bits per heavy atom. The van der Waals surface area contributed by atoms with Gasteiger partial charge in [0.25, 0.3) is 5.91 Å². The molecule has 2 N–H and O–H groups in total. The summed E-state index contributed by atoms with van der Waals surface area (Å²) in [5, 5.41) is 3.97. The number of nitrogens with zero attached hydrogens (tertiary/aromatic N) is 3. The average Bonchev–Trinajstić information content (AvgIpc) is 2.58. The van der Waals surface area contributed by atoms with Crippen molar-refractivity contribution in [1.82, 2.24) is 14.7 Å². The van der Waals surface area contributed by atoms with Crippen LogP contribution in [0.25, 0.3) is 0 Å². The van der Waals surface area contributed by atoms with Crippen LogP contribution in [0.3, 0.4) is 0 Å². The monoisotopic (exact) mass is 224 g/mol. The lowest BCUT2D eigenvalue weighted by Crippen LogP contribution is -2.47. The second-order valence-electron chi connectivity index (χ2n) is 3.99. The molecular weight excluding hydrogens is 208 g/mol. The summed E-state index contributed by atoms with van der Waals surface area (Å²) in [6.07, 6.45) is 1.50. The zero-order chi connectivity index (χ0) is 11.7. The third kappa shape index (κ3) is 1.76. The molecule has 0 spiro atoms. The number of nitrogen functional groups attached to an aromatic ring is 1. The lowest BCUT2D eigenvalue weighted by Gasteiger charge is -2.33. The Hall–Kier alpha value is -1.56. The number of amides is 1. The molecule has 0 saturated carbocycles. The second kappa shape index (κ2) is 4.13. The molecule has 1 amide bonds. The molecular formula is C10H16N4O2. The summed E-state index contributed by atoms with van der Waals surface area (Å²) in [6.45, 7) is 3.71. The number of morpholine rings is 1. The van der Waals surface area contributed by atoms with Crippen molar-refractivity contribution in [3.63, 3.8) is 0 Å². The van der Waals surface area contributed by atoms with Crippen molar-refractivity contribution in [3.8, 4) is 0 Å². The highest BCUT2D eigenvalue weighted by Gasteiger charge is 2.27. The molecule has 0 radical (unpaired) electrons. The van der Waals surface area contributed by atoms with Crippen LogP contribution in [0.15, 0.2) is 6.20 Å². The van der Waals surface area contributed by atoms with Gasteiger partial charge in [0.15, 0.2) is 0 Å². The summed E-state index contributed by atoms with van der Waals surface area (Å²) < 4.78 is 6.81. The van der Waals surface area contributed by atoms with Gasteiger partial charge in [0.1, 0.15) is 5.69 Å². The molecule has 1 aromatic rings. The predicted molar refractivity (Wildman–Crippen MR) is 58.9 cm³/mol. The van der Waals surface area contributed by atoms with Crippen molar-refractivity contribution in [2.24, 2.45) is 7.05 Å². The van der Waals surface area contributed by atoms with E-state index in [0.29, 0.717) is 31.1 Å². The van der Waals surface area contributed by atoms with E-state index in [1.807, 2.05) is 6.92 Å². The van der Waals surface area contributed by atoms with E-state index in [-0.39, 0.29) is 11.9 Å². The first-order valence-electron chi connectivity index (χ1n) is 5.27. The topological polar surface area (TPSA) is 73.4 Å². The molecule has 2 heterocycles. The molecule has 2 rings (SSSR count). The van der Waals surface area contributed by atoms with Crippen LogP contribution in [-0.2, 0) is 11.8 Å². The maximum Gasteiger partial charge on any atom is 0.274 e. The Kier molecular flexibility index (Phi) is 2.82. The van der Waals surface area contributed by atoms with Crippen molar-refractivity contribution in [2.45, 2.75) is 13.0 Å². The summed E-state index contributed by atoms with van der Waals surface area (Å²) in [4.78, 5) is 14.0. The van der Waals surface area contributed by atoms with Crippen molar-refractivity contribution in [3.05, 3.63) is 11.9 Å². The van der Waals surface area contributed by atoms with Crippen LogP contribution in [0.2, 0.25) is 0 Å². The van der Waals surface area contributed by atoms with E-state index in [4.69, 9.17) is 10.5 Å². The van der Waals surface area contributed by atoms with Crippen LogP contribution >= 0.6 is 0 Å². The van der Waals surface area contributed by atoms with Gasteiger partial charge >= 0.3 is 0 Å². The number of anilines is 1. The fourth-order valence-corrected chi connectivity index (χ4v) is 1.88. The van der Waals surface area contributed by atoms with Gasteiger partial charge in [-0.3, -0.25) is 9.48 Å². The molecule has 16 heavy (non-hydrogen) atoms. The van der Waals surface area contributed by atoms with Gasteiger partial charge in [-0.2, -0.15) is 5.10 Å². The highest BCUT2D eigenvalue weighted by molar-refractivity contribution is 5.97. The number of hydrogen-bond donors (Lipinski definition) is 1. The molecule has 1 aliphatic heterocycles. The van der Waals surface area contributed by atoms with Crippen molar-refractivity contribution < 1.29 is 9.53 Å². The van der Waals surface area contributed by atoms with Crippen LogP contribution in [0.1, 0.15) is 17.4 Å². The van der Waals surface area contributed by atoms with Crippen LogP contribution < -0.4 is 5.73 Å². The highest BCUT2D eigenvalue weighted by Crippen LogP contribution is 2.16. The van der Waals surface area contributed by atoms with Gasteiger partial charge in [-0.15, -0.1) is 0 Å². The fraction of sp³-hybridized carbons (Fsp3) is 0.600. The van der Waals surface area contributed by atoms with Gasteiger partial charge in [-0.1, -0.05) is 0 Å². The molecule has 1 unspecified atom stereocenters. The van der Waals surface area contributed by atoms with Crippen molar-refractivity contribution in [2.75, 3.05) is 25.5 Å². The molecule has 1 saturated heterocycles. The van der Waals surface area contributed by atoms with Crippen LogP contribution in [-0.4, -0.2) is 46.4 Å². The Morgan fingerprint density at radius 2 is 2.44 bits per heavy atom. The zero-order valence-electron chi connectivity index (χ0n) is 9.51. The van der Waals surface area contributed by atoms with E-state index in [2.05, 4.69) is 5.10 Å². The Morgan fingerprint density at radius 1 is 1.69 bits per heavy atom. The van der Waals surface area contributed by atoms with Gasteiger partial charge in [-0.05, 0) is 6.92 Å². The van der Waals surface area contributed by atoms with Gasteiger partial charge in [0.2, 0.25) is 0 Å². The third-order valence-corrected chi connectivity index (χ3v) is 2.80. The number of nitrogens with two attached hydrogens (primary N) is 1. The van der Waals surface area contributed by atoms with E-state index in [1.54, 1.807) is 11.9 Å². The number of rotatable bonds is 1. The maximum atomic E-state index is 12.2. The molecule has 6 nitrogen and oxygen atoms in total. The summed E-state index contributed by atoms with van der Waals surface area (Å²) >= 11 is 0. The van der Waals surface area contributed by atoms with Crippen molar-refractivity contribution in [1.29, 1.82) is 0 Å². The van der Waals surface area contributed by atoms with Crippen LogP contribution in [0.5, 0.6) is 0 Å². The first-order chi connectivity index (χ1) is 7.61. The molecule has 1 fully saturated rings. The molecule has 1 aliphatic rings. The lowest BCUT2D eigenvalue weighted by atomic mass is 10.2. The summed E-state index contributed by atoms with van der Waals surface area (Å²) in [7, 11) is 1.72. The molecule has 88 valence electrons. The Labute approximate surface area is 94.0 Å². The summed E-state index contributed by atoms with van der Waals surface area (Å²) in [6, 6.07) is 0.0792. The van der Waals surface area contributed by atoms with E-state index in [0.717, 1.165) is 0 Å². The van der Waals surface area contributed by atoms with E-state index < -0.39 is 0 Å². The van der Waals surface area contributed by atoms with Gasteiger partial charge in [0, 0.05) is 13.6 Å². The quantitative estimate of drug-likeness (QED) is 0.720. The standard InChI is InChI=1S/C10H16N4O2/c1-7-6-16-4-3-14(7)10(15)9-8(11)5-12-13(9)2/h5,7H,3-4,6,11H2,1-2H3. The number of carbonyl (C=O) groups is 1. The smallest absolute Gasteiger partial charge is 0.274 e. The van der Waals surface area contributed by atoms with Crippen LogP contribution in [0, 0.1) is 0 Å². The molecule has 0 bridgehead atoms. The molecule has 0 aromatic carbocycles. The minimum absolute atomic E-state index is 0.0756. The van der Waals surface area contributed by atoms with E-state index >= 15 is 0 Å². The minimum atomic E-state index is -0.0756. The minimum Gasteiger partial charge on any atom is -0.396 e. The summed E-state index contributed by atoms with van der Waals surface area (Å²) in [5.74, 6) is -0.0756. The Balaban J connectivity index is 2.24. The third-order valence-electron chi connectivity index (χ3n) is 2.80. The lowest BCUT2D eigenvalue weighted by molar-refractivity contribution is 0.00307. The Bertz CT molecular complexity index is 382. The van der Waals surface area contributed by atoms with Gasteiger partial charge in [-0.25, -0.2) is 0 Å². The first-order valence-corrected chi connectivity index (χ1v) is 5.27. The number of carbonyl (C=O) groups excluding carboxylic acids is 1. The number of hydrogen-bond acceptors (Lipinski definition) is 4. The predicted octanol–water partition coefficient (Wildman–Crippen LogP) is -0.137. The molecule has 1 atom stereocenters.